The second kappa shape index (κ2) is 8.76. The molecule has 1 heterocycles. The molecule has 3 unspecified atom stereocenters. The van der Waals surface area contributed by atoms with Crippen molar-refractivity contribution >= 4 is 5.97 Å². The van der Waals surface area contributed by atoms with Gasteiger partial charge in [0.25, 0.3) is 0 Å². The van der Waals surface area contributed by atoms with E-state index < -0.39 is 55.8 Å². The van der Waals surface area contributed by atoms with Gasteiger partial charge in [-0.2, -0.15) is 0 Å². The summed E-state index contributed by atoms with van der Waals surface area (Å²) in [6.07, 6.45) is -5.82. The maximum atomic E-state index is 10.6. The second-order valence-electron chi connectivity index (χ2n) is 5.75. The van der Waals surface area contributed by atoms with Crippen LogP contribution in [0.4, 0.5) is 0 Å². The van der Waals surface area contributed by atoms with Crippen LogP contribution in [0.3, 0.4) is 0 Å². The SMILES string of the molecule is CCC(C)C(CC(O)CC(=O)O)O[C@@H]1O[C@@H](CO)[C@H](O)[C@H]1O. The maximum Gasteiger partial charge on any atom is 0.305 e. The van der Waals surface area contributed by atoms with Gasteiger partial charge in [0.1, 0.15) is 18.3 Å². The summed E-state index contributed by atoms with van der Waals surface area (Å²) >= 11 is 0. The van der Waals surface area contributed by atoms with Crippen molar-refractivity contribution in [3.63, 3.8) is 0 Å². The average molecular weight is 322 g/mol. The zero-order valence-corrected chi connectivity index (χ0v) is 12.8. The molecule has 130 valence electrons. The monoisotopic (exact) mass is 322 g/mol. The van der Waals surface area contributed by atoms with Crippen molar-refractivity contribution in [1.29, 1.82) is 0 Å². The van der Waals surface area contributed by atoms with E-state index in [-0.39, 0.29) is 12.3 Å². The van der Waals surface area contributed by atoms with E-state index in [4.69, 9.17) is 19.7 Å². The largest absolute Gasteiger partial charge is 0.481 e. The van der Waals surface area contributed by atoms with Crippen LogP contribution < -0.4 is 0 Å². The van der Waals surface area contributed by atoms with Crippen LogP contribution in [-0.4, -0.2) is 74.9 Å². The van der Waals surface area contributed by atoms with Crippen LogP contribution in [0.5, 0.6) is 0 Å². The standard InChI is InChI=1S/C14H26O8/c1-3-7(2)9(4-8(16)5-11(17)18)21-14-13(20)12(19)10(6-15)22-14/h7-10,12-16,19-20H,3-6H2,1-2H3,(H,17,18)/t7?,8?,9?,10-,12-,13+,14+/m0/s1. The summed E-state index contributed by atoms with van der Waals surface area (Å²) in [5, 5.41) is 47.1. The molecule has 0 bridgehead atoms. The van der Waals surface area contributed by atoms with E-state index in [2.05, 4.69) is 0 Å². The van der Waals surface area contributed by atoms with E-state index in [0.29, 0.717) is 0 Å². The Bertz CT molecular complexity index is 350. The third-order valence-electron chi connectivity index (χ3n) is 4.00. The molecule has 1 fully saturated rings. The molecule has 22 heavy (non-hydrogen) atoms. The van der Waals surface area contributed by atoms with Crippen LogP contribution in [0.2, 0.25) is 0 Å². The van der Waals surface area contributed by atoms with E-state index in [9.17, 15) is 20.1 Å². The highest BCUT2D eigenvalue weighted by Gasteiger charge is 2.44. The average Bonchev–Trinajstić information content (AvgIpc) is 2.72. The molecule has 1 rings (SSSR count). The minimum absolute atomic E-state index is 0.00966. The lowest BCUT2D eigenvalue weighted by Crippen LogP contribution is -2.38. The van der Waals surface area contributed by atoms with Gasteiger partial charge in [0.15, 0.2) is 6.29 Å². The Morgan fingerprint density at radius 3 is 2.41 bits per heavy atom. The molecule has 1 aliphatic heterocycles. The van der Waals surface area contributed by atoms with Crippen molar-refractivity contribution in [1.82, 2.24) is 0 Å². The molecular weight excluding hydrogens is 296 g/mol. The number of carbonyl (C=O) groups is 1. The van der Waals surface area contributed by atoms with Gasteiger partial charge in [-0.1, -0.05) is 20.3 Å². The summed E-state index contributed by atoms with van der Waals surface area (Å²) in [6.45, 7) is 3.34. The molecule has 1 aliphatic rings. The van der Waals surface area contributed by atoms with Gasteiger partial charge in [-0.3, -0.25) is 4.79 Å². The van der Waals surface area contributed by atoms with Crippen LogP contribution in [0, 0.1) is 5.92 Å². The Morgan fingerprint density at radius 1 is 1.32 bits per heavy atom. The second-order valence-corrected chi connectivity index (χ2v) is 5.75. The minimum Gasteiger partial charge on any atom is -0.481 e. The fourth-order valence-electron chi connectivity index (χ4n) is 2.39. The molecule has 0 amide bonds. The molecule has 7 atom stereocenters. The molecule has 0 radical (unpaired) electrons. The lowest BCUT2D eigenvalue weighted by Gasteiger charge is -2.29. The summed E-state index contributed by atoms with van der Waals surface area (Å²) in [5.41, 5.74) is 0. The summed E-state index contributed by atoms with van der Waals surface area (Å²) < 4.78 is 10.9. The van der Waals surface area contributed by atoms with E-state index in [1.165, 1.54) is 0 Å². The highest BCUT2D eigenvalue weighted by molar-refractivity contribution is 5.67. The summed E-state index contributed by atoms with van der Waals surface area (Å²) in [5.74, 6) is -1.12. The predicted molar refractivity (Wildman–Crippen MR) is 75.0 cm³/mol. The van der Waals surface area contributed by atoms with Gasteiger partial charge in [-0.05, 0) is 5.92 Å². The summed E-state index contributed by atoms with van der Waals surface area (Å²) in [4.78, 5) is 10.6. The number of rotatable bonds is 9. The molecule has 1 saturated heterocycles. The van der Waals surface area contributed by atoms with Gasteiger partial charge in [0, 0.05) is 6.42 Å². The number of aliphatic carboxylic acids is 1. The highest BCUT2D eigenvalue weighted by atomic mass is 16.7. The van der Waals surface area contributed by atoms with Gasteiger partial charge in [-0.25, -0.2) is 0 Å². The zero-order valence-electron chi connectivity index (χ0n) is 12.8. The van der Waals surface area contributed by atoms with Crippen LogP contribution in [0.25, 0.3) is 0 Å². The van der Waals surface area contributed by atoms with Crippen molar-refractivity contribution in [2.45, 2.75) is 69.9 Å². The molecule has 0 aliphatic carbocycles. The van der Waals surface area contributed by atoms with E-state index in [1.54, 1.807) is 0 Å². The fraction of sp³-hybridized carbons (Fsp3) is 0.929. The van der Waals surface area contributed by atoms with Gasteiger partial charge in [-0.15, -0.1) is 0 Å². The first-order valence-electron chi connectivity index (χ1n) is 7.47. The Morgan fingerprint density at radius 2 is 1.95 bits per heavy atom. The predicted octanol–water partition coefficient (Wildman–Crippen LogP) is -0.918. The summed E-state index contributed by atoms with van der Waals surface area (Å²) in [6, 6.07) is 0. The molecule has 8 nitrogen and oxygen atoms in total. The Labute approximate surface area is 129 Å². The molecule has 0 aromatic carbocycles. The molecule has 0 aromatic rings. The Hall–Kier alpha value is -0.770. The normalized spacial score (nSPS) is 32.6. The summed E-state index contributed by atoms with van der Waals surface area (Å²) in [7, 11) is 0. The van der Waals surface area contributed by atoms with Crippen LogP contribution in [-0.2, 0) is 14.3 Å². The van der Waals surface area contributed by atoms with Crippen molar-refractivity contribution in [2.24, 2.45) is 5.92 Å². The fourth-order valence-corrected chi connectivity index (χ4v) is 2.39. The van der Waals surface area contributed by atoms with E-state index in [0.717, 1.165) is 6.42 Å². The number of carboxylic acid groups (broad SMARTS) is 1. The molecule has 0 spiro atoms. The van der Waals surface area contributed by atoms with Crippen molar-refractivity contribution in [3.05, 3.63) is 0 Å². The van der Waals surface area contributed by atoms with Gasteiger partial charge >= 0.3 is 5.97 Å². The lowest BCUT2D eigenvalue weighted by atomic mass is 9.95. The van der Waals surface area contributed by atoms with E-state index in [1.807, 2.05) is 13.8 Å². The van der Waals surface area contributed by atoms with Gasteiger partial charge in [0.05, 0.1) is 25.2 Å². The molecule has 8 heteroatoms. The smallest absolute Gasteiger partial charge is 0.305 e. The Kier molecular flexibility index (Phi) is 7.67. The van der Waals surface area contributed by atoms with Gasteiger partial charge in [0.2, 0.25) is 0 Å². The number of aliphatic hydroxyl groups is 4. The number of hydrogen-bond donors (Lipinski definition) is 5. The molecule has 0 saturated carbocycles. The number of ether oxygens (including phenoxy) is 2. The van der Waals surface area contributed by atoms with Crippen molar-refractivity contribution in [3.8, 4) is 0 Å². The highest BCUT2D eigenvalue weighted by Crippen LogP contribution is 2.27. The third-order valence-corrected chi connectivity index (χ3v) is 4.00. The van der Waals surface area contributed by atoms with Crippen molar-refractivity contribution in [2.75, 3.05) is 6.61 Å². The first kappa shape index (κ1) is 19.3. The number of aliphatic hydroxyl groups excluding tert-OH is 4. The molecule has 0 aromatic heterocycles. The Balaban J connectivity index is 2.67. The molecular formula is C14H26O8. The lowest BCUT2D eigenvalue weighted by molar-refractivity contribution is -0.208. The topological polar surface area (TPSA) is 137 Å². The van der Waals surface area contributed by atoms with Crippen LogP contribution in [0.15, 0.2) is 0 Å². The first-order valence-corrected chi connectivity index (χ1v) is 7.47. The van der Waals surface area contributed by atoms with Crippen LogP contribution >= 0.6 is 0 Å². The third kappa shape index (κ3) is 5.15. The van der Waals surface area contributed by atoms with Crippen molar-refractivity contribution < 1.29 is 39.8 Å². The van der Waals surface area contributed by atoms with E-state index >= 15 is 0 Å². The quantitative estimate of drug-likeness (QED) is 0.368. The van der Waals surface area contributed by atoms with Gasteiger partial charge < -0.3 is 35.0 Å². The maximum absolute atomic E-state index is 10.6. The number of carboxylic acids is 1. The number of hydrogen-bond acceptors (Lipinski definition) is 7. The minimum atomic E-state index is -1.31. The first-order chi connectivity index (χ1) is 10.3. The zero-order chi connectivity index (χ0) is 16.9. The molecule has 5 N–H and O–H groups in total. The van der Waals surface area contributed by atoms with Crippen LogP contribution in [0.1, 0.15) is 33.1 Å².